The molecule has 1 aromatic rings. The van der Waals surface area contributed by atoms with E-state index in [0.717, 1.165) is 12.0 Å². The summed E-state index contributed by atoms with van der Waals surface area (Å²) in [5.74, 6) is 0.129. The van der Waals surface area contributed by atoms with Crippen LogP contribution in [-0.4, -0.2) is 24.6 Å². The van der Waals surface area contributed by atoms with Crippen molar-refractivity contribution in [1.29, 1.82) is 0 Å². The molecule has 0 fully saturated rings. The molecule has 0 aliphatic carbocycles. The van der Waals surface area contributed by atoms with Crippen molar-refractivity contribution < 1.29 is 14.3 Å². The number of imide groups is 1. The first-order valence-corrected chi connectivity index (χ1v) is 6.31. The lowest BCUT2D eigenvalue weighted by Crippen LogP contribution is -2.44. The summed E-state index contributed by atoms with van der Waals surface area (Å²) in [5, 5.41) is 4.85. The Labute approximate surface area is 113 Å². The first-order chi connectivity index (χ1) is 9.01. The largest absolute Gasteiger partial charge is 0.484 e. The maximum Gasteiger partial charge on any atom is 0.321 e. The monoisotopic (exact) mass is 264 g/mol. The van der Waals surface area contributed by atoms with Crippen LogP contribution in [0.2, 0.25) is 0 Å². The summed E-state index contributed by atoms with van der Waals surface area (Å²) in [5.41, 5.74) is 1.12. The molecule has 0 spiro atoms. The van der Waals surface area contributed by atoms with E-state index in [-0.39, 0.29) is 12.6 Å². The van der Waals surface area contributed by atoms with Crippen molar-refractivity contribution in [2.45, 2.75) is 33.2 Å². The van der Waals surface area contributed by atoms with Gasteiger partial charge in [0.1, 0.15) is 5.75 Å². The second kappa shape index (κ2) is 7.41. The molecule has 0 heterocycles. The van der Waals surface area contributed by atoms with E-state index in [1.165, 1.54) is 0 Å². The van der Waals surface area contributed by atoms with E-state index in [0.29, 0.717) is 5.75 Å². The smallest absolute Gasteiger partial charge is 0.321 e. The van der Waals surface area contributed by atoms with E-state index in [2.05, 4.69) is 10.6 Å². The van der Waals surface area contributed by atoms with E-state index in [1.54, 1.807) is 12.1 Å². The van der Waals surface area contributed by atoms with E-state index in [4.69, 9.17) is 4.74 Å². The second-order valence-electron chi connectivity index (χ2n) is 4.43. The van der Waals surface area contributed by atoms with Gasteiger partial charge in [-0.15, -0.1) is 0 Å². The van der Waals surface area contributed by atoms with Crippen LogP contribution >= 0.6 is 0 Å². The van der Waals surface area contributed by atoms with Crippen LogP contribution in [0, 0.1) is 6.92 Å². The minimum atomic E-state index is -0.494. The summed E-state index contributed by atoms with van der Waals surface area (Å²) >= 11 is 0. The van der Waals surface area contributed by atoms with Gasteiger partial charge in [-0.1, -0.05) is 24.6 Å². The number of carbonyl (C=O) groups is 2. The summed E-state index contributed by atoms with van der Waals surface area (Å²) in [6.07, 6.45) is 0.807. The summed E-state index contributed by atoms with van der Waals surface area (Å²) in [4.78, 5) is 22.8. The summed E-state index contributed by atoms with van der Waals surface area (Å²) < 4.78 is 5.26. The Hall–Kier alpha value is -2.04. The predicted molar refractivity (Wildman–Crippen MR) is 73.1 cm³/mol. The third-order valence-electron chi connectivity index (χ3n) is 2.63. The van der Waals surface area contributed by atoms with Crippen molar-refractivity contribution in [2.75, 3.05) is 6.61 Å². The summed E-state index contributed by atoms with van der Waals surface area (Å²) in [6, 6.07) is 6.88. The number of nitrogens with one attached hydrogen (secondary N) is 2. The maximum absolute atomic E-state index is 11.5. The first-order valence-electron chi connectivity index (χ1n) is 6.31. The zero-order chi connectivity index (χ0) is 14.3. The molecule has 1 atom stereocenters. The van der Waals surface area contributed by atoms with Crippen molar-refractivity contribution >= 4 is 11.9 Å². The third kappa shape index (κ3) is 5.90. The average Bonchev–Trinajstić information content (AvgIpc) is 2.37. The molecule has 0 aliphatic rings. The Morgan fingerprint density at radius 1 is 1.26 bits per heavy atom. The molecule has 0 saturated heterocycles. The highest BCUT2D eigenvalue weighted by molar-refractivity contribution is 5.95. The van der Waals surface area contributed by atoms with Gasteiger partial charge in [0.25, 0.3) is 5.91 Å². The van der Waals surface area contributed by atoms with Gasteiger partial charge in [-0.3, -0.25) is 10.1 Å². The Morgan fingerprint density at radius 3 is 2.47 bits per heavy atom. The lowest BCUT2D eigenvalue weighted by atomic mass is 10.2. The highest BCUT2D eigenvalue weighted by Crippen LogP contribution is 2.10. The van der Waals surface area contributed by atoms with Crippen LogP contribution in [0.15, 0.2) is 24.3 Å². The Kier molecular flexibility index (Phi) is 5.85. The molecular formula is C14H20N2O3. The standard InChI is InChI=1S/C14H20N2O3/c1-4-11(3)15-14(18)16-13(17)9-19-12-7-5-10(2)6-8-12/h5-8,11H,4,9H2,1-3H3,(H2,15,16,17,18)/t11-/m0/s1. The minimum Gasteiger partial charge on any atom is -0.484 e. The number of aryl methyl sites for hydroxylation is 1. The second-order valence-corrected chi connectivity index (χ2v) is 4.43. The molecule has 0 unspecified atom stereocenters. The molecule has 5 nitrogen and oxygen atoms in total. The van der Waals surface area contributed by atoms with Crippen LogP contribution in [0.25, 0.3) is 0 Å². The molecule has 0 aromatic heterocycles. The molecular weight excluding hydrogens is 244 g/mol. The normalized spacial score (nSPS) is 11.5. The Morgan fingerprint density at radius 2 is 1.89 bits per heavy atom. The SMILES string of the molecule is CC[C@H](C)NC(=O)NC(=O)COc1ccc(C)cc1. The first kappa shape index (κ1) is 15.0. The predicted octanol–water partition coefficient (Wildman–Crippen LogP) is 2.00. The van der Waals surface area contributed by atoms with E-state index < -0.39 is 11.9 Å². The zero-order valence-electron chi connectivity index (χ0n) is 11.5. The van der Waals surface area contributed by atoms with Gasteiger partial charge >= 0.3 is 6.03 Å². The number of rotatable bonds is 5. The number of amides is 3. The lowest BCUT2D eigenvalue weighted by Gasteiger charge is -2.12. The van der Waals surface area contributed by atoms with Crippen LogP contribution in [0.4, 0.5) is 4.79 Å². The Bertz CT molecular complexity index is 429. The van der Waals surface area contributed by atoms with E-state index in [9.17, 15) is 9.59 Å². The van der Waals surface area contributed by atoms with Gasteiger partial charge in [-0.2, -0.15) is 0 Å². The maximum atomic E-state index is 11.5. The third-order valence-corrected chi connectivity index (χ3v) is 2.63. The van der Waals surface area contributed by atoms with Crippen LogP contribution in [-0.2, 0) is 4.79 Å². The number of hydrogen-bond donors (Lipinski definition) is 2. The minimum absolute atomic E-state index is 0.0332. The summed E-state index contributed by atoms with van der Waals surface area (Å²) in [7, 11) is 0. The number of benzene rings is 1. The highest BCUT2D eigenvalue weighted by atomic mass is 16.5. The number of hydrogen-bond acceptors (Lipinski definition) is 3. The fraction of sp³-hybridized carbons (Fsp3) is 0.429. The van der Waals surface area contributed by atoms with Gasteiger partial charge in [0.15, 0.2) is 6.61 Å². The molecule has 2 N–H and O–H groups in total. The van der Waals surface area contributed by atoms with Crippen LogP contribution in [0.3, 0.4) is 0 Å². The van der Waals surface area contributed by atoms with Crippen molar-refractivity contribution in [3.8, 4) is 5.75 Å². The Balaban J connectivity index is 2.31. The molecule has 0 saturated carbocycles. The molecule has 19 heavy (non-hydrogen) atoms. The van der Waals surface area contributed by atoms with Crippen molar-refractivity contribution in [3.63, 3.8) is 0 Å². The van der Waals surface area contributed by atoms with Gasteiger partial charge in [-0.25, -0.2) is 4.79 Å². The van der Waals surface area contributed by atoms with Crippen molar-refractivity contribution in [2.24, 2.45) is 0 Å². The van der Waals surface area contributed by atoms with E-state index >= 15 is 0 Å². The zero-order valence-corrected chi connectivity index (χ0v) is 11.5. The quantitative estimate of drug-likeness (QED) is 0.854. The van der Waals surface area contributed by atoms with Gasteiger partial charge in [0.2, 0.25) is 0 Å². The van der Waals surface area contributed by atoms with Gasteiger partial charge in [0, 0.05) is 6.04 Å². The number of ether oxygens (including phenoxy) is 1. The van der Waals surface area contributed by atoms with Gasteiger partial charge in [-0.05, 0) is 32.4 Å². The molecule has 0 radical (unpaired) electrons. The van der Waals surface area contributed by atoms with Crippen molar-refractivity contribution in [3.05, 3.63) is 29.8 Å². The molecule has 1 aromatic carbocycles. The highest BCUT2D eigenvalue weighted by Gasteiger charge is 2.10. The molecule has 0 aliphatic heterocycles. The van der Waals surface area contributed by atoms with Crippen molar-refractivity contribution in [1.82, 2.24) is 10.6 Å². The van der Waals surface area contributed by atoms with Crippen LogP contribution in [0.5, 0.6) is 5.75 Å². The summed E-state index contributed by atoms with van der Waals surface area (Å²) in [6.45, 7) is 5.60. The molecule has 1 rings (SSSR count). The van der Waals surface area contributed by atoms with E-state index in [1.807, 2.05) is 32.9 Å². The topological polar surface area (TPSA) is 67.4 Å². The van der Waals surface area contributed by atoms with Crippen LogP contribution < -0.4 is 15.4 Å². The average molecular weight is 264 g/mol. The van der Waals surface area contributed by atoms with Gasteiger partial charge in [0.05, 0.1) is 0 Å². The number of urea groups is 1. The molecule has 3 amide bonds. The number of carbonyl (C=O) groups excluding carboxylic acids is 2. The molecule has 5 heteroatoms. The van der Waals surface area contributed by atoms with Crippen LogP contribution in [0.1, 0.15) is 25.8 Å². The molecule has 0 bridgehead atoms. The van der Waals surface area contributed by atoms with Gasteiger partial charge < -0.3 is 10.1 Å². The fourth-order valence-corrected chi connectivity index (χ4v) is 1.31. The lowest BCUT2D eigenvalue weighted by molar-refractivity contribution is -0.122. The molecule has 104 valence electrons. The fourth-order valence-electron chi connectivity index (χ4n) is 1.31.